The molecule has 1 aromatic heterocycles. The molecular formula is C20H30FN5O. The van der Waals surface area contributed by atoms with E-state index in [1.807, 2.05) is 20.0 Å². The number of benzene rings is 1. The van der Waals surface area contributed by atoms with Crippen LogP contribution in [-0.4, -0.2) is 34.7 Å². The number of halogens is 1. The van der Waals surface area contributed by atoms with Crippen molar-refractivity contribution in [3.05, 3.63) is 48.3 Å². The van der Waals surface area contributed by atoms with Crippen LogP contribution in [0.25, 0.3) is 0 Å². The van der Waals surface area contributed by atoms with Crippen molar-refractivity contribution in [2.45, 2.75) is 46.9 Å². The second kappa shape index (κ2) is 10.5. The number of imidazole rings is 1. The second-order valence-electron chi connectivity index (χ2n) is 6.82. The van der Waals surface area contributed by atoms with Gasteiger partial charge in [0.2, 0.25) is 0 Å². The van der Waals surface area contributed by atoms with Gasteiger partial charge >= 0.3 is 0 Å². The first-order chi connectivity index (χ1) is 13.0. The highest BCUT2D eigenvalue weighted by molar-refractivity contribution is 5.79. The molecule has 0 fully saturated rings. The summed E-state index contributed by atoms with van der Waals surface area (Å²) in [6, 6.07) is 6.41. The Morgan fingerprint density at radius 1 is 1.26 bits per heavy atom. The average molecular weight is 375 g/mol. The zero-order chi connectivity index (χ0) is 19.6. The molecule has 1 aromatic carbocycles. The van der Waals surface area contributed by atoms with Crippen LogP contribution in [0.4, 0.5) is 4.39 Å². The number of rotatable bonds is 9. The Balaban J connectivity index is 1.91. The standard InChI is InChI=1S/C20H30FN5O/c1-5-22-20(25-13-19-23-10-11-26(19)14-15(2)3)24-12-16(4)27-18-9-7-6-8-17(18)21/h6-11,15-16H,5,12-14H2,1-4H3,(H2,22,24,25). The summed E-state index contributed by atoms with van der Waals surface area (Å²) in [5.74, 6) is 2.05. The van der Waals surface area contributed by atoms with E-state index in [1.54, 1.807) is 24.4 Å². The zero-order valence-electron chi connectivity index (χ0n) is 16.6. The quantitative estimate of drug-likeness (QED) is 0.522. The van der Waals surface area contributed by atoms with E-state index in [2.05, 4.69) is 39.0 Å². The topological polar surface area (TPSA) is 63.5 Å². The molecule has 0 radical (unpaired) electrons. The van der Waals surface area contributed by atoms with Crippen LogP contribution < -0.4 is 15.4 Å². The van der Waals surface area contributed by atoms with Crippen LogP contribution >= 0.6 is 0 Å². The SMILES string of the molecule is CCNC(=NCc1nccn1CC(C)C)NCC(C)Oc1ccccc1F. The first-order valence-electron chi connectivity index (χ1n) is 9.43. The molecule has 148 valence electrons. The molecular weight excluding hydrogens is 345 g/mol. The molecule has 0 bridgehead atoms. The highest BCUT2D eigenvalue weighted by Gasteiger charge is 2.09. The van der Waals surface area contributed by atoms with Crippen molar-refractivity contribution >= 4 is 5.96 Å². The summed E-state index contributed by atoms with van der Waals surface area (Å²) in [6.07, 6.45) is 3.57. The van der Waals surface area contributed by atoms with Gasteiger partial charge < -0.3 is 19.9 Å². The Kier molecular flexibility index (Phi) is 8.10. The minimum absolute atomic E-state index is 0.214. The van der Waals surface area contributed by atoms with Crippen LogP contribution in [0.2, 0.25) is 0 Å². The van der Waals surface area contributed by atoms with Gasteiger partial charge in [0.25, 0.3) is 0 Å². The number of para-hydroxylation sites is 1. The van der Waals surface area contributed by atoms with E-state index in [0.717, 1.165) is 18.9 Å². The third-order valence-electron chi connectivity index (χ3n) is 3.81. The van der Waals surface area contributed by atoms with Crippen molar-refractivity contribution < 1.29 is 9.13 Å². The fraction of sp³-hybridized carbons (Fsp3) is 0.500. The molecule has 0 saturated heterocycles. The van der Waals surface area contributed by atoms with E-state index in [-0.39, 0.29) is 17.7 Å². The van der Waals surface area contributed by atoms with Crippen molar-refractivity contribution in [1.82, 2.24) is 20.2 Å². The molecule has 1 unspecified atom stereocenters. The second-order valence-corrected chi connectivity index (χ2v) is 6.82. The molecule has 2 aromatic rings. The molecule has 0 aliphatic rings. The van der Waals surface area contributed by atoms with Gasteiger partial charge in [0, 0.05) is 25.5 Å². The lowest BCUT2D eigenvalue weighted by Gasteiger charge is -2.18. The summed E-state index contributed by atoms with van der Waals surface area (Å²) in [6.45, 7) is 10.9. The van der Waals surface area contributed by atoms with Crippen LogP contribution in [0.5, 0.6) is 5.75 Å². The Labute approximate surface area is 160 Å². The van der Waals surface area contributed by atoms with Crippen molar-refractivity contribution in [3.63, 3.8) is 0 Å². The van der Waals surface area contributed by atoms with Crippen molar-refractivity contribution in [2.24, 2.45) is 10.9 Å². The number of ether oxygens (including phenoxy) is 1. The predicted octanol–water partition coefficient (Wildman–Crippen LogP) is 3.20. The molecule has 1 heterocycles. The Bertz CT molecular complexity index is 729. The lowest BCUT2D eigenvalue weighted by molar-refractivity contribution is 0.214. The minimum Gasteiger partial charge on any atom is -0.486 e. The molecule has 0 spiro atoms. The van der Waals surface area contributed by atoms with Gasteiger partial charge in [0.05, 0.1) is 6.54 Å². The summed E-state index contributed by atoms with van der Waals surface area (Å²) >= 11 is 0. The Morgan fingerprint density at radius 3 is 2.74 bits per heavy atom. The summed E-state index contributed by atoms with van der Waals surface area (Å²) in [7, 11) is 0. The first kappa shape index (κ1) is 20.7. The summed E-state index contributed by atoms with van der Waals surface area (Å²) in [5, 5.41) is 6.45. The van der Waals surface area contributed by atoms with Crippen molar-refractivity contribution in [3.8, 4) is 5.75 Å². The number of aromatic nitrogens is 2. The molecule has 6 nitrogen and oxygen atoms in total. The molecule has 0 aliphatic carbocycles. The van der Waals surface area contributed by atoms with Gasteiger partial charge in [-0.15, -0.1) is 0 Å². The lowest BCUT2D eigenvalue weighted by atomic mass is 10.2. The third-order valence-corrected chi connectivity index (χ3v) is 3.81. The Hall–Kier alpha value is -2.57. The van der Waals surface area contributed by atoms with Crippen LogP contribution in [0.15, 0.2) is 41.7 Å². The van der Waals surface area contributed by atoms with E-state index in [4.69, 9.17) is 4.74 Å². The van der Waals surface area contributed by atoms with Gasteiger partial charge in [-0.2, -0.15) is 0 Å². The molecule has 2 rings (SSSR count). The maximum atomic E-state index is 13.7. The van der Waals surface area contributed by atoms with Crippen molar-refractivity contribution in [1.29, 1.82) is 0 Å². The molecule has 7 heteroatoms. The number of nitrogens with one attached hydrogen (secondary N) is 2. The van der Waals surface area contributed by atoms with E-state index in [9.17, 15) is 4.39 Å². The predicted molar refractivity (Wildman–Crippen MR) is 106 cm³/mol. The highest BCUT2D eigenvalue weighted by atomic mass is 19.1. The van der Waals surface area contributed by atoms with Gasteiger partial charge in [-0.1, -0.05) is 26.0 Å². The van der Waals surface area contributed by atoms with E-state index >= 15 is 0 Å². The number of hydrogen-bond acceptors (Lipinski definition) is 3. The summed E-state index contributed by atoms with van der Waals surface area (Å²) in [5.41, 5.74) is 0. The summed E-state index contributed by atoms with van der Waals surface area (Å²) in [4.78, 5) is 9.00. The number of hydrogen-bond donors (Lipinski definition) is 2. The first-order valence-corrected chi connectivity index (χ1v) is 9.43. The molecule has 0 aliphatic heterocycles. The van der Waals surface area contributed by atoms with Crippen LogP contribution in [0.3, 0.4) is 0 Å². The van der Waals surface area contributed by atoms with E-state index in [1.165, 1.54) is 6.07 Å². The molecule has 2 N–H and O–H groups in total. The Morgan fingerprint density at radius 2 is 2.04 bits per heavy atom. The third kappa shape index (κ3) is 6.92. The molecule has 0 saturated carbocycles. The normalized spacial score (nSPS) is 12.9. The minimum atomic E-state index is -0.359. The number of nitrogens with zero attached hydrogens (tertiary/aromatic N) is 3. The van der Waals surface area contributed by atoms with E-state index < -0.39 is 0 Å². The van der Waals surface area contributed by atoms with Gasteiger partial charge in [0.15, 0.2) is 17.5 Å². The van der Waals surface area contributed by atoms with Crippen molar-refractivity contribution in [2.75, 3.05) is 13.1 Å². The zero-order valence-corrected chi connectivity index (χ0v) is 16.6. The maximum absolute atomic E-state index is 13.7. The van der Waals surface area contributed by atoms with Crippen LogP contribution in [-0.2, 0) is 13.1 Å². The molecule has 27 heavy (non-hydrogen) atoms. The number of aliphatic imine (C=N–C) groups is 1. The largest absolute Gasteiger partial charge is 0.486 e. The van der Waals surface area contributed by atoms with E-state index in [0.29, 0.717) is 25.0 Å². The van der Waals surface area contributed by atoms with Gasteiger partial charge in [0.1, 0.15) is 18.5 Å². The molecule has 0 amide bonds. The van der Waals surface area contributed by atoms with Gasteiger partial charge in [-0.25, -0.2) is 14.4 Å². The molecule has 1 atom stereocenters. The van der Waals surface area contributed by atoms with Crippen LogP contribution in [0.1, 0.15) is 33.5 Å². The maximum Gasteiger partial charge on any atom is 0.191 e. The highest BCUT2D eigenvalue weighted by Crippen LogP contribution is 2.16. The smallest absolute Gasteiger partial charge is 0.191 e. The number of guanidine groups is 1. The lowest BCUT2D eigenvalue weighted by Crippen LogP contribution is -2.41. The van der Waals surface area contributed by atoms with Gasteiger partial charge in [-0.05, 0) is 31.9 Å². The summed E-state index contributed by atoms with van der Waals surface area (Å²) < 4.78 is 21.5. The fourth-order valence-electron chi connectivity index (χ4n) is 2.58. The van der Waals surface area contributed by atoms with Gasteiger partial charge in [-0.3, -0.25) is 0 Å². The van der Waals surface area contributed by atoms with Crippen LogP contribution in [0, 0.1) is 11.7 Å². The fourth-order valence-corrected chi connectivity index (χ4v) is 2.58. The average Bonchev–Trinajstić information content (AvgIpc) is 3.05. The monoisotopic (exact) mass is 375 g/mol.